The zero-order valence-electron chi connectivity index (χ0n) is 28.4. The molecule has 0 radical (unpaired) electrons. The van der Waals surface area contributed by atoms with Crippen LogP contribution in [0, 0.1) is 5.92 Å². The second kappa shape index (κ2) is 11.9. The summed E-state index contributed by atoms with van der Waals surface area (Å²) in [6.07, 6.45) is 9.01. The molecular weight excluding hydrogens is 617 g/mol. The van der Waals surface area contributed by atoms with Crippen LogP contribution in [-0.4, -0.2) is 9.13 Å². The predicted octanol–water partition coefficient (Wildman–Crippen LogP) is 13.2. The van der Waals surface area contributed by atoms with Gasteiger partial charge in [0.15, 0.2) is 0 Å². The molecule has 0 fully saturated rings. The number of hydrogen-bond acceptors (Lipinski definition) is 0. The van der Waals surface area contributed by atoms with E-state index in [1.54, 1.807) is 0 Å². The summed E-state index contributed by atoms with van der Waals surface area (Å²) in [5, 5.41) is 5.14. The molecule has 0 spiro atoms. The minimum absolute atomic E-state index is 0.282. The van der Waals surface area contributed by atoms with Crippen LogP contribution in [0.4, 0.5) is 0 Å². The van der Waals surface area contributed by atoms with Gasteiger partial charge in [-0.1, -0.05) is 153 Å². The molecule has 10 rings (SSSR count). The Balaban J connectivity index is 1.09. The summed E-state index contributed by atoms with van der Waals surface area (Å²) in [6, 6.07) is 60.3. The maximum atomic E-state index is 2.53. The van der Waals surface area contributed by atoms with Crippen molar-refractivity contribution in [2.45, 2.75) is 13.0 Å². The van der Waals surface area contributed by atoms with Crippen LogP contribution in [0.1, 0.15) is 13.0 Å². The molecule has 0 bridgehead atoms. The molecule has 0 aliphatic heterocycles. The SMILES string of the molecule is CC1C=CC=CC1n1c2ccccc2c2cc(-c3cccc4c3c3ccccc3n4-c3ccc(-c4ccc(-c5ccccc5)cc4)cc3)ccc21. The van der Waals surface area contributed by atoms with Crippen molar-refractivity contribution in [3.05, 3.63) is 188 Å². The first kappa shape index (κ1) is 29.5. The lowest BCUT2D eigenvalue weighted by Crippen LogP contribution is -2.15. The Morgan fingerprint density at radius 3 is 1.73 bits per heavy atom. The Morgan fingerprint density at radius 2 is 0.980 bits per heavy atom. The average molecular weight is 653 g/mol. The lowest BCUT2D eigenvalue weighted by molar-refractivity contribution is 0.510. The van der Waals surface area contributed by atoms with Crippen molar-refractivity contribution < 1.29 is 0 Å². The fourth-order valence-corrected chi connectivity index (χ4v) is 8.35. The van der Waals surface area contributed by atoms with Gasteiger partial charge in [-0.2, -0.15) is 0 Å². The highest BCUT2D eigenvalue weighted by molar-refractivity contribution is 6.17. The van der Waals surface area contributed by atoms with E-state index in [2.05, 4.69) is 204 Å². The third-order valence-corrected chi connectivity index (χ3v) is 10.8. The maximum Gasteiger partial charge on any atom is 0.0585 e. The summed E-state index contributed by atoms with van der Waals surface area (Å²) in [4.78, 5) is 0. The van der Waals surface area contributed by atoms with Gasteiger partial charge in [0, 0.05) is 38.3 Å². The number of nitrogens with zero attached hydrogens (tertiary/aromatic N) is 2. The lowest BCUT2D eigenvalue weighted by Gasteiger charge is -2.24. The van der Waals surface area contributed by atoms with E-state index in [9.17, 15) is 0 Å². The van der Waals surface area contributed by atoms with Gasteiger partial charge in [0.2, 0.25) is 0 Å². The van der Waals surface area contributed by atoms with Gasteiger partial charge in [-0.25, -0.2) is 0 Å². The molecule has 0 saturated heterocycles. The third-order valence-electron chi connectivity index (χ3n) is 10.8. The summed E-state index contributed by atoms with van der Waals surface area (Å²) in [5.74, 6) is 0.419. The average Bonchev–Trinajstić information content (AvgIpc) is 3.71. The molecule has 9 aromatic rings. The largest absolute Gasteiger partial charge is 0.333 e. The maximum absolute atomic E-state index is 2.53. The molecule has 7 aromatic carbocycles. The molecular formula is C49H36N2. The first-order valence-corrected chi connectivity index (χ1v) is 17.9. The van der Waals surface area contributed by atoms with Gasteiger partial charge in [-0.3, -0.25) is 0 Å². The highest BCUT2D eigenvalue weighted by Crippen LogP contribution is 2.42. The van der Waals surface area contributed by atoms with Gasteiger partial charge in [0.25, 0.3) is 0 Å². The molecule has 2 atom stereocenters. The number of rotatable bonds is 5. The highest BCUT2D eigenvalue weighted by Gasteiger charge is 2.22. The van der Waals surface area contributed by atoms with Gasteiger partial charge in [0.05, 0.1) is 17.1 Å². The first-order chi connectivity index (χ1) is 25.2. The van der Waals surface area contributed by atoms with E-state index in [1.165, 1.54) is 77.0 Å². The Morgan fingerprint density at radius 1 is 0.412 bits per heavy atom. The van der Waals surface area contributed by atoms with E-state index in [1.807, 2.05) is 0 Å². The minimum atomic E-state index is 0.282. The van der Waals surface area contributed by atoms with E-state index < -0.39 is 0 Å². The van der Waals surface area contributed by atoms with Crippen molar-refractivity contribution in [3.63, 3.8) is 0 Å². The molecule has 2 heteroatoms. The molecule has 0 amide bonds. The van der Waals surface area contributed by atoms with Crippen LogP contribution in [0.25, 0.3) is 82.7 Å². The quantitative estimate of drug-likeness (QED) is 0.175. The van der Waals surface area contributed by atoms with Crippen molar-refractivity contribution in [1.29, 1.82) is 0 Å². The Bertz CT molecular complexity index is 2790. The van der Waals surface area contributed by atoms with Crippen molar-refractivity contribution in [3.8, 4) is 39.1 Å². The number of para-hydroxylation sites is 2. The van der Waals surface area contributed by atoms with Gasteiger partial charge < -0.3 is 9.13 Å². The van der Waals surface area contributed by atoms with E-state index in [-0.39, 0.29) is 6.04 Å². The minimum Gasteiger partial charge on any atom is -0.333 e. The van der Waals surface area contributed by atoms with Crippen molar-refractivity contribution in [2.24, 2.45) is 5.92 Å². The van der Waals surface area contributed by atoms with Crippen LogP contribution < -0.4 is 0 Å². The summed E-state index contributed by atoms with van der Waals surface area (Å²) < 4.78 is 4.96. The standard InChI is InChI=1S/C49H36N2/c1-33-12-5-8-18-44(33)51-45-19-9-6-15-41(45)43-32-38(28-31-47(43)51)40-17-11-21-48-49(40)42-16-7-10-20-46(42)50(48)39-29-26-37(27-30-39)36-24-22-35(23-25-36)34-13-3-2-4-14-34/h2-33,44H,1H3. The normalized spacial score (nSPS) is 15.8. The van der Waals surface area contributed by atoms with Gasteiger partial charge >= 0.3 is 0 Å². The monoisotopic (exact) mass is 652 g/mol. The molecule has 51 heavy (non-hydrogen) atoms. The number of hydrogen-bond donors (Lipinski definition) is 0. The molecule has 1 aliphatic rings. The summed E-state index contributed by atoms with van der Waals surface area (Å²) in [5.41, 5.74) is 13.5. The van der Waals surface area contributed by atoms with Crippen LogP contribution in [0.15, 0.2) is 188 Å². The third kappa shape index (κ3) is 4.79. The molecule has 1 aliphatic carbocycles. The summed E-state index contributed by atoms with van der Waals surface area (Å²) in [7, 11) is 0. The molecule has 2 nitrogen and oxygen atoms in total. The van der Waals surface area contributed by atoms with Crippen molar-refractivity contribution >= 4 is 43.6 Å². The van der Waals surface area contributed by atoms with Crippen molar-refractivity contribution in [1.82, 2.24) is 9.13 Å². The number of allylic oxidation sites excluding steroid dienone is 4. The van der Waals surface area contributed by atoms with Crippen LogP contribution in [0.5, 0.6) is 0 Å². The topological polar surface area (TPSA) is 9.86 Å². The first-order valence-electron chi connectivity index (χ1n) is 17.9. The van der Waals surface area contributed by atoms with E-state index in [0.717, 1.165) is 5.69 Å². The summed E-state index contributed by atoms with van der Waals surface area (Å²) in [6.45, 7) is 2.31. The zero-order valence-corrected chi connectivity index (χ0v) is 28.4. The molecule has 242 valence electrons. The number of aromatic nitrogens is 2. The van der Waals surface area contributed by atoms with E-state index in [0.29, 0.717) is 5.92 Å². The zero-order chi connectivity index (χ0) is 33.9. The molecule has 0 saturated carbocycles. The molecule has 0 N–H and O–H groups in total. The van der Waals surface area contributed by atoms with Crippen LogP contribution in [0.3, 0.4) is 0 Å². The van der Waals surface area contributed by atoms with Crippen LogP contribution in [-0.2, 0) is 0 Å². The number of benzene rings is 7. The van der Waals surface area contributed by atoms with Gasteiger partial charge in [0.1, 0.15) is 0 Å². The fourth-order valence-electron chi connectivity index (χ4n) is 8.35. The van der Waals surface area contributed by atoms with E-state index in [4.69, 9.17) is 0 Å². The van der Waals surface area contributed by atoms with E-state index >= 15 is 0 Å². The lowest BCUT2D eigenvalue weighted by atomic mass is 9.96. The summed E-state index contributed by atoms with van der Waals surface area (Å²) >= 11 is 0. The Labute approximate surface area is 297 Å². The van der Waals surface area contributed by atoms with Crippen LogP contribution in [0.2, 0.25) is 0 Å². The molecule has 2 aromatic heterocycles. The highest BCUT2D eigenvalue weighted by atomic mass is 15.0. The van der Waals surface area contributed by atoms with Crippen LogP contribution >= 0.6 is 0 Å². The second-order valence-electron chi connectivity index (χ2n) is 13.8. The predicted molar refractivity (Wildman–Crippen MR) is 217 cm³/mol. The Hall–Kier alpha value is -6.38. The molecule has 2 heterocycles. The number of fused-ring (bicyclic) bond motifs is 6. The van der Waals surface area contributed by atoms with Gasteiger partial charge in [-0.05, 0) is 81.8 Å². The van der Waals surface area contributed by atoms with Crippen molar-refractivity contribution in [2.75, 3.05) is 0 Å². The molecule has 2 unspecified atom stereocenters. The fraction of sp³-hybridized carbons (Fsp3) is 0.0612. The second-order valence-corrected chi connectivity index (χ2v) is 13.8. The smallest absolute Gasteiger partial charge is 0.0585 e. The Kier molecular flexibility index (Phi) is 6.89. The van der Waals surface area contributed by atoms with Gasteiger partial charge in [-0.15, -0.1) is 0 Å².